The van der Waals surface area contributed by atoms with Gasteiger partial charge < -0.3 is 10.1 Å². The van der Waals surface area contributed by atoms with Crippen molar-refractivity contribution in [3.05, 3.63) is 35.6 Å². The van der Waals surface area contributed by atoms with Crippen LogP contribution in [0.4, 0.5) is 4.39 Å². The summed E-state index contributed by atoms with van der Waals surface area (Å²) in [5, 5.41) is 2.92. The van der Waals surface area contributed by atoms with Gasteiger partial charge in [0.05, 0.1) is 19.6 Å². The zero-order valence-electron chi connectivity index (χ0n) is 10.4. The second-order valence-electron chi connectivity index (χ2n) is 3.76. The summed E-state index contributed by atoms with van der Waals surface area (Å²) in [4.78, 5) is 23.3. The number of rotatable bonds is 6. The SMILES string of the molecule is CCNC(CC(=O)OC)C(=O)c1ccc(F)cc1. The van der Waals surface area contributed by atoms with Crippen LogP contribution in [0.1, 0.15) is 23.7 Å². The summed E-state index contributed by atoms with van der Waals surface area (Å²) >= 11 is 0. The van der Waals surface area contributed by atoms with Gasteiger partial charge >= 0.3 is 5.97 Å². The van der Waals surface area contributed by atoms with Crippen molar-refractivity contribution in [2.45, 2.75) is 19.4 Å². The Balaban J connectivity index is 2.81. The maximum absolute atomic E-state index is 12.8. The van der Waals surface area contributed by atoms with Crippen molar-refractivity contribution >= 4 is 11.8 Å². The van der Waals surface area contributed by atoms with Gasteiger partial charge in [0.1, 0.15) is 5.82 Å². The number of benzene rings is 1. The molecule has 4 nitrogen and oxygen atoms in total. The van der Waals surface area contributed by atoms with Crippen LogP contribution in [0.15, 0.2) is 24.3 Å². The summed E-state index contributed by atoms with van der Waals surface area (Å²) in [7, 11) is 1.27. The molecule has 1 rings (SSSR count). The first-order valence-electron chi connectivity index (χ1n) is 5.68. The Hall–Kier alpha value is -1.75. The van der Waals surface area contributed by atoms with Crippen LogP contribution in [-0.4, -0.2) is 31.4 Å². The smallest absolute Gasteiger partial charge is 0.307 e. The highest BCUT2D eigenvalue weighted by Crippen LogP contribution is 2.08. The molecule has 0 spiro atoms. The fourth-order valence-corrected chi connectivity index (χ4v) is 1.57. The molecule has 1 N–H and O–H groups in total. The van der Waals surface area contributed by atoms with Crippen LogP contribution < -0.4 is 5.32 Å². The maximum Gasteiger partial charge on any atom is 0.307 e. The largest absolute Gasteiger partial charge is 0.469 e. The van der Waals surface area contributed by atoms with E-state index in [1.807, 2.05) is 6.92 Å². The number of carbonyl (C=O) groups is 2. The minimum atomic E-state index is -0.645. The molecule has 98 valence electrons. The molecule has 18 heavy (non-hydrogen) atoms. The lowest BCUT2D eigenvalue weighted by Crippen LogP contribution is -2.38. The minimum absolute atomic E-state index is 0.0411. The fraction of sp³-hybridized carbons (Fsp3) is 0.385. The van der Waals surface area contributed by atoms with Crippen LogP contribution in [0, 0.1) is 5.82 Å². The number of hydrogen-bond acceptors (Lipinski definition) is 4. The standard InChI is InChI=1S/C13H16FNO3/c1-3-15-11(8-12(16)18-2)13(17)9-4-6-10(14)7-5-9/h4-7,11,15H,3,8H2,1-2H3. The lowest BCUT2D eigenvalue weighted by atomic mass is 10.0. The molecule has 0 amide bonds. The van der Waals surface area contributed by atoms with Crippen molar-refractivity contribution < 1.29 is 18.7 Å². The summed E-state index contributed by atoms with van der Waals surface area (Å²) in [5.74, 6) is -1.11. The van der Waals surface area contributed by atoms with Crippen molar-refractivity contribution in [2.24, 2.45) is 0 Å². The predicted molar refractivity (Wildman–Crippen MR) is 64.8 cm³/mol. The Morgan fingerprint density at radius 1 is 1.33 bits per heavy atom. The van der Waals surface area contributed by atoms with E-state index >= 15 is 0 Å². The van der Waals surface area contributed by atoms with E-state index in [2.05, 4.69) is 10.1 Å². The highest BCUT2D eigenvalue weighted by molar-refractivity contribution is 6.01. The molecule has 0 saturated carbocycles. The van der Waals surface area contributed by atoms with Gasteiger partial charge in [-0.25, -0.2) is 4.39 Å². The topological polar surface area (TPSA) is 55.4 Å². The first-order valence-corrected chi connectivity index (χ1v) is 5.68. The molecular weight excluding hydrogens is 237 g/mol. The van der Waals surface area contributed by atoms with Gasteiger partial charge in [-0.05, 0) is 30.8 Å². The van der Waals surface area contributed by atoms with E-state index in [1.165, 1.54) is 31.4 Å². The number of Topliss-reactive ketones (excluding diaryl/α,β-unsaturated/α-hetero) is 1. The summed E-state index contributed by atoms with van der Waals surface area (Å²) in [6, 6.07) is 4.59. The first kappa shape index (κ1) is 14.3. The van der Waals surface area contributed by atoms with Crippen molar-refractivity contribution in [2.75, 3.05) is 13.7 Å². The summed E-state index contributed by atoms with van der Waals surface area (Å²) < 4.78 is 17.3. The number of hydrogen-bond donors (Lipinski definition) is 1. The highest BCUT2D eigenvalue weighted by Gasteiger charge is 2.22. The third-order valence-corrected chi connectivity index (χ3v) is 2.49. The quantitative estimate of drug-likeness (QED) is 0.617. The first-order chi connectivity index (χ1) is 8.58. The Morgan fingerprint density at radius 3 is 2.44 bits per heavy atom. The van der Waals surface area contributed by atoms with Crippen LogP contribution >= 0.6 is 0 Å². The molecule has 1 aromatic carbocycles. The number of nitrogens with one attached hydrogen (secondary N) is 1. The molecule has 0 aromatic heterocycles. The van der Waals surface area contributed by atoms with E-state index in [0.29, 0.717) is 12.1 Å². The van der Waals surface area contributed by atoms with Gasteiger partial charge in [-0.3, -0.25) is 9.59 Å². The van der Waals surface area contributed by atoms with Crippen molar-refractivity contribution in [3.8, 4) is 0 Å². The van der Waals surface area contributed by atoms with Crippen LogP contribution in [0.5, 0.6) is 0 Å². The van der Waals surface area contributed by atoms with Gasteiger partial charge in [0.15, 0.2) is 5.78 Å². The molecule has 0 radical (unpaired) electrons. The zero-order valence-corrected chi connectivity index (χ0v) is 10.4. The molecule has 0 aliphatic carbocycles. The van der Waals surface area contributed by atoms with Crippen molar-refractivity contribution in [1.82, 2.24) is 5.32 Å². The number of ether oxygens (including phenoxy) is 1. The van der Waals surface area contributed by atoms with E-state index in [1.54, 1.807) is 0 Å². The second kappa shape index (κ2) is 6.86. The van der Waals surface area contributed by atoms with E-state index in [4.69, 9.17) is 0 Å². The lowest BCUT2D eigenvalue weighted by Gasteiger charge is -2.15. The molecule has 1 atom stereocenters. The lowest BCUT2D eigenvalue weighted by molar-refractivity contribution is -0.140. The normalized spacial score (nSPS) is 11.9. The minimum Gasteiger partial charge on any atom is -0.469 e. The number of carbonyl (C=O) groups excluding carboxylic acids is 2. The molecule has 0 fully saturated rings. The van der Waals surface area contributed by atoms with Gasteiger partial charge in [-0.1, -0.05) is 6.92 Å². The van der Waals surface area contributed by atoms with E-state index < -0.39 is 17.8 Å². The molecule has 1 aromatic rings. The Labute approximate surface area is 105 Å². The molecule has 0 aliphatic rings. The molecule has 0 saturated heterocycles. The maximum atomic E-state index is 12.8. The zero-order chi connectivity index (χ0) is 13.5. The van der Waals surface area contributed by atoms with Crippen LogP contribution in [0.25, 0.3) is 0 Å². The average Bonchev–Trinajstić information content (AvgIpc) is 2.38. The summed E-state index contributed by atoms with van der Waals surface area (Å²) in [5.41, 5.74) is 0.367. The second-order valence-corrected chi connectivity index (χ2v) is 3.76. The fourth-order valence-electron chi connectivity index (χ4n) is 1.57. The van der Waals surface area contributed by atoms with E-state index in [-0.39, 0.29) is 12.2 Å². The number of halogens is 1. The molecular formula is C13H16FNO3. The Morgan fingerprint density at radius 2 is 1.94 bits per heavy atom. The monoisotopic (exact) mass is 253 g/mol. The number of methoxy groups -OCH3 is 1. The third-order valence-electron chi connectivity index (χ3n) is 2.49. The molecule has 0 aliphatic heterocycles. The molecule has 0 bridgehead atoms. The predicted octanol–water partition coefficient (Wildman–Crippen LogP) is 1.55. The van der Waals surface area contributed by atoms with Gasteiger partial charge in [0.25, 0.3) is 0 Å². The van der Waals surface area contributed by atoms with Crippen LogP contribution in [0.3, 0.4) is 0 Å². The van der Waals surface area contributed by atoms with Crippen LogP contribution in [-0.2, 0) is 9.53 Å². The van der Waals surface area contributed by atoms with Crippen LogP contribution in [0.2, 0.25) is 0 Å². The van der Waals surface area contributed by atoms with Gasteiger partial charge in [-0.2, -0.15) is 0 Å². The van der Waals surface area contributed by atoms with Gasteiger partial charge in [0, 0.05) is 5.56 Å². The van der Waals surface area contributed by atoms with Gasteiger partial charge in [-0.15, -0.1) is 0 Å². The number of esters is 1. The summed E-state index contributed by atoms with van der Waals surface area (Å²) in [6.07, 6.45) is -0.0411. The van der Waals surface area contributed by atoms with E-state index in [9.17, 15) is 14.0 Å². The average molecular weight is 253 g/mol. The third kappa shape index (κ3) is 3.92. The molecule has 0 heterocycles. The molecule has 5 heteroatoms. The van der Waals surface area contributed by atoms with Crippen molar-refractivity contribution in [1.29, 1.82) is 0 Å². The van der Waals surface area contributed by atoms with Gasteiger partial charge in [0.2, 0.25) is 0 Å². The van der Waals surface area contributed by atoms with E-state index in [0.717, 1.165) is 0 Å². The summed E-state index contributed by atoms with van der Waals surface area (Å²) in [6.45, 7) is 2.39. The molecule has 1 unspecified atom stereocenters. The Bertz CT molecular complexity index is 417. The highest BCUT2D eigenvalue weighted by atomic mass is 19.1. The number of ketones is 1. The number of likely N-dealkylation sites (N-methyl/N-ethyl adjacent to an activating group) is 1. The Kier molecular flexibility index (Phi) is 5.45. The van der Waals surface area contributed by atoms with Crippen molar-refractivity contribution in [3.63, 3.8) is 0 Å².